The summed E-state index contributed by atoms with van der Waals surface area (Å²) >= 11 is 0. The van der Waals surface area contributed by atoms with Gasteiger partial charge in [0.25, 0.3) is 0 Å². The van der Waals surface area contributed by atoms with E-state index in [1.165, 1.54) is 89.9 Å². The molecule has 0 saturated heterocycles. The highest BCUT2D eigenvalue weighted by atomic mass is 31.2. The van der Waals surface area contributed by atoms with Crippen LogP contribution in [0.4, 0.5) is 0 Å². The van der Waals surface area contributed by atoms with Gasteiger partial charge in [0.15, 0.2) is 12.2 Å². The number of aliphatic hydroxyl groups is 1. The fraction of sp³-hybridized carbons (Fsp3) is 0.879. The summed E-state index contributed by atoms with van der Waals surface area (Å²) in [6, 6.07) is 0. The lowest BCUT2D eigenvalue weighted by molar-refractivity contribution is -0.161. The highest BCUT2D eigenvalue weighted by Gasteiger charge is 2.30. The number of carbonyl (C=O) groups excluding carboxylic acids is 4. The topological polar surface area (TPSA) is 237 Å². The van der Waals surface area contributed by atoms with Crippen LogP contribution in [0.25, 0.3) is 0 Å². The molecular formula is C66H124O17P2. The minimum absolute atomic E-state index is 0.0832. The number of aliphatic hydroxyl groups excluding tert-OH is 1. The van der Waals surface area contributed by atoms with Crippen LogP contribution >= 0.6 is 15.6 Å². The van der Waals surface area contributed by atoms with E-state index in [1.807, 2.05) is 0 Å². The predicted molar refractivity (Wildman–Crippen MR) is 340 cm³/mol. The van der Waals surface area contributed by atoms with Gasteiger partial charge in [0.2, 0.25) is 0 Å². The first-order valence-corrected chi connectivity index (χ1v) is 36.7. The fourth-order valence-electron chi connectivity index (χ4n) is 9.29. The number of unbranched alkanes of at least 4 members (excludes halogenated alkanes) is 27. The molecule has 500 valence electrons. The van der Waals surface area contributed by atoms with E-state index in [2.05, 4.69) is 72.8 Å². The fourth-order valence-corrected chi connectivity index (χ4v) is 10.9. The second-order valence-corrected chi connectivity index (χ2v) is 27.5. The number of hydrogen-bond donors (Lipinski definition) is 3. The Morgan fingerprint density at radius 1 is 0.365 bits per heavy atom. The first kappa shape index (κ1) is 82.5. The Hall–Kier alpha value is -2.46. The second-order valence-electron chi connectivity index (χ2n) is 24.6. The highest BCUT2D eigenvalue weighted by Crippen LogP contribution is 2.45. The smallest absolute Gasteiger partial charge is 0.462 e. The summed E-state index contributed by atoms with van der Waals surface area (Å²) in [6.45, 7) is 11.6. The summed E-state index contributed by atoms with van der Waals surface area (Å²) in [5.41, 5.74) is 0. The number of ether oxygens (including phenoxy) is 4. The van der Waals surface area contributed by atoms with Crippen molar-refractivity contribution < 1.29 is 80.2 Å². The maximum atomic E-state index is 13.0. The average Bonchev–Trinajstić information content (AvgIpc) is 3.51. The maximum absolute atomic E-state index is 13.0. The van der Waals surface area contributed by atoms with Crippen LogP contribution in [0.1, 0.15) is 299 Å². The molecule has 3 unspecified atom stereocenters. The molecule has 0 aromatic carbocycles. The van der Waals surface area contributed by atoms with Crippen molar-refractivity contribution in [3.8, 4) is 0 Å². The number of allylic oxidation sites excluding steroid dienone is 4. The van der Waals surface area contributed by atoms with Crippen molar-refractivity contribution in [2.24, 2.45) is 17.8 Å². The van der Waals surface area contributed by atoms with Crippen LogP contribution in [0.5, 0.6) is 0 Å². The average molecular weight is 1250 g/mol. The van der Waals surface area contributed by atoms with Gasteiger partial charge in [-0.3, -0.25) is 37.3 Å². The molecule has 19 heteroatoms. The summed E-state index contributed by atoms with van der Waals surface area (Å²) < 4.78 is 68.0. The summed E-state index contributed by atoms with van der Waals surface area (Å²) in [7, 11) is -9.90. The van der Waals surface area contributed by atoms with E-state index in [9.17, 15) is 43.2 Å². The summed E-state index contributed by atoms with van der Waals surface area (Å²) in [5.74, 6) is -0.0736. The van der Waals surface area contributed by atoms with Crippen LogP contribution in [0.3, 0.4) is 0 Å². The monoisotopic (exact) mass is 1250 g/mol. The number of hydrogen-bond acceptors (Lipinski definition) is 15. The van der Waals surface area contributed by atoms with E-state index in [0.29, 0.717) is 37.5 Å². The Balaban J connectivity index is 5.27. The zero-order chi connectivity index (χ0) is 63.1. The van der Waals surface area contributed by atoms with Crippen LogP contribution in [0.15, 0.2) is 24.3 Å². The number of esters is 4. The molecule has 0 amide bonds. The number of rotatable bonds is 62. The lowest BCUT2D eigenvalue weighted by Crippen LogP contribution is -2.30. The van der Waals surface area contributed by atoms with Crippen LogP contribution in [-0.2, 0) is 65.4 Å². The van der Waals surface area contributed by atoms with Crippen molar-refractivity contribution in [2.45, 2.75) is 317 Å². The quantitative estimate of drug-likeness (QED) is 0.0169. The van der Waals surface area contributed by atoms with E-state index >= 15 is 0 Å². The van der Waals surface area contributed by atoms with Gasteiger partial charge in [-0.05, 0) is 69.1 Å². The first-order chi connectivity index (χ1) is 40.7. The van der Waals surface area contributed by atoms with Crippen molar-refractivity contribution in [3.05, 3.63) is 24.3 Å². The largest absolute Gasteiger partial charge is 0.472 e. The molecule has 0 aliphatic heterocycles. The van der Waals surface area contributed by atoms with Gasteiger partial charge in [-0.25, -0.2) is 9.13 Å². The molecule has 0 aromatic heterocycles. The molecule has 3 N–H and O–H groups in total. The molecule has 17 nitrogen and oxygen atoms in total. The minimum atomic E-state index is -4.95. The van der Waals surface area contributed by atoms with E-state index in [-0.39, 0.29) is 25.7 Å². The zero-order valence-corrected chi connectivity index (χ0v) is 56.3. The normalized spacial score (nSPS) is 14.5. The van der Waals surface area contributed by atoms with Gasteiger partial charge in [0.05, 0.1) is 26.4 Å². The molecule has 0 bridgehead atoms. The zero-order valence-electron chi connectivity index (χ0n) is 54.5. The Kier molecular flexibility index (Phi) is 55.1. The molecule has 0 fully saturated rings. The van der Waals surface area contributed by atoms with Gasteiger partial charge in [-0.15, -0.1) is 0 Å². The third kappa shape index (κ3) is 60.2. The first-order valence-electron chi connectivity index (χ1n) is 33.7. The minimum Gasteiger partial charge on any atom is -0.462 e. The van der Waals surface area contributed by atoms with Gasteiger partial charge in [-0.1, -0.05) is 246 Å². The van der Waals surface area contributed by atoms with E-state index in [1.54, 1.807) is 0 Å². The molecule has 0 radical (unpaired) electrons. The Morgan fingerprint density at radius 3 is 0.953 bits per heavy atom. The summed E-state index contributed by atoms with van der Waals surface area (Å²) in [4.78, 5) is 72.2. The van der Waals surface area contributed by atoms with Gasteiger partial charge >= 0.3 is 39.5 Å². The van der Waals surface area contributed by atoms with Gasteiger partial charge in [-0.2, -0.15) is 0 Å². The highest BCUT2D eigenvalue weighted by molar-refractivity contribution is 7.47. The predicted octanol–water partition coefficient (Wildman–Crippen LogP) is 17.8. The summed E-state index contributed by atoms with van der Waals surface area (Å²) in [5, 5.41) is 10.5. The van der Waals surface area contributed by atoms with Crippen molar-refractivity contribution in [1.82, 2.24) is 0 Å². The van der Waals surface area contributed by atoms with Crippen LogP contribution in [-0.4, -0.2) is 96.7 Å². The van der Waals surface area contributed by atoms with E-state index in [0.717, 1.165) is 115 Å². The molecule has 0 spiro atoms. The van der Waals surface area contributed by atoms with Gasteiger partial charge in [0.1, 0.15) is 19.3 Å². The van der Waals surface area contributed by atoms with Crippen LogP contribution < -0.4 is 0 Å². The van der Waals surface area contributed by atoms with Crippen LogP contribution in [0, 0.1) is 17.8 Å². The molecule has 0 saturated carbocycles. The van der Waals surface area contributed by atoms with E-state index < -0.39 is 97.5 Å². The standard InChI is InChI=1S/C66H124O17P2/c1-8-9-10-11-12-13-14-15-16-17-18-19-26-35-42-49-65(70)82-62(54-77-64(69)48-41-34-29-28-32-39-46-59(6)7)56-81-85(74,75)79-52-60(67)51-78-84(72,73)80-55-61(83-66(71)50-43-36-27-22-24-31-38-45-58(4)5)53-76-63(68)47-40-33-25-21-20-23-30-37-44-57(2)3/h13-16,57-62,67H,8-12,17-56H2,1-7H3,(H,72,73)(H,74,75)/b14-13-,16-15-/t60?,61-,62-/m1/s1. The van der Waals surface area contributed by atoms with E-state index in [4.69, 9.17) is 37.0 Å². The van der Waals surface area contributed by atoms with Gasteiger partial charge < -0.3 is 33.8 Å². The molecular weight excluding hydrogens is 1130 g/mol. The van der Waals surface area contributed by atoms with Crippen molar-refractivity contribution in [2.75, 3.05) is 39.6 Å². The molecule has 0 aliphatic rings. The SMILES string of the molecule is CCCCCC/C=C\C=C/CCCCCCCC(=O)O[C@H](COC(=O)CCCCCCCCC(C)C)COP(=O)(O)OCC(O)COP(=O)(O)OC[C@@H](COC(=O)CCCCCCCCCCC(C)C)OC(=O)CCCCCCCCCC(C)C. The van der Waals surface area contributed by atoms with Crippen molar-refractivity contribution in [3.63, 3.8) is 0 Å². The van der Waals surface area contributed by atoms with Crippen molar-refractivity contribution in [1.29, 1.82) is 0 Å². The molecule has 5 atom stereocenters. The molecule has 0 aliphatic carbocycles. The third-order valence-electron chi connectivity index (χ3n) is 14.5. The maximum Gasteiger partial charge on any atom is 0.472 e. The molecule has 85 heavy (non-hydrogen) atoms. The summed E-state index contributed by atoms with van der Waals surface area (Å²) in [6.07, 6.45) is 41.5. The number of phosphoric acid groups is 2. The van der Waals surface area contributed by atoms with Crippen molar-refractivity contribution >= 4 is 39.5 Å². The molecule has 0 aromatic rings. The van der Waals surface area contributed by atoms with Gasteiger partial charge in [0, 0.05) is 25.7 Å². The molecule has 0 rings (SSSR count). The Bertz CT molecular complexity index is 1770. The number of phosphoric ester groups is 2. The number of carbonyl (C=O) groups is 4. The second kappa shape index (κ2) is 56.8. The lowest BCUT2D eigenvalue weighted by Gasteiger charge is -2.21. The third-order valence-corrected chi connectivity index (χ3v) is 16.4. The lowest BCUT2D eigenvalue weighted by atomic mass is 10.0. The Morgan fingerprint density at radius 2 is 0.635 bits per heavy atom. The molecule has 0 heterocycles. The Labute approximate surface area is 516 Å². The van der Waals surface area contributed by atoms with Crippen LogP contribution in [0.2, 0.25) is 0 Å².